The van der Waals surface area contributed by atoms with Gasteiger partial charge in [-0.25, -0.2) is 0 Å². The van der Waals surface area contributed by atoms with Gasteiger partial charge in [-0.2, -0.15) is 0 Å². The number of nitrogens with two attached hydrogens (primary N) is 1. The van der Waals surface area contributed by atoms with Crippen LogP contribution in [-0.2, 0) is 0 Å². The third-order valence-electron chi connectivity index (χ3n) is 4.46. The number of hydrogen-bond donors (Lipinski definition) is 1. The van der Waals surface area contributed by atoms with Gasteiger partial charge in [0.25, 0.3) is 0 Å². The van der Waals surface area contributed by atoms with E-state index in [-0.39, 0.29) is 5.41 Å². The van der Waals surface area contributed by atoms with E-state index in [0.717, 1.165) is 30.2 Å². The van der Waals surface area contributed by atoms with Gasteiger partial charge in [-0.05, 0) is 49.2 Å². The first-order chi connectivity index (χ1) is 10.3. The van der Waals surface area contributed by atoms with Gasteiger partial charge in [0.1, 0.15) is 5.75 Å². The van der Waals surface area contributed by atoms with E-state index in [2.05, 4.69) is 17.1 Å². The molecule has 1 aromatic heterocycles. The van der Waals surface area contributed by atoms with Crippen molar-refractivity contribution < 1.29 is 4.74 Å². The zero-order valence-electron chi connectivity index (χ0n) is 12.3. The van der Waals surface area contributed by atoms with Crippen molar-refractivity contribution in [1.29, 1.82) is 0 Å². The smallest absolute Gasteiger partial charge is 0.119 e. The van der Waals surface area contributed by atoms with Gasteiger partial charge < -0.3 is 10.5 Å². The molecule has 0 spiro atoms. The van der Waals surface area contributed by atoms with Gasteiger partial charge in [0.05, 0.1) is 12.3 Å². The van der Waals surface area contributed by atoms with Crippen LogP contribution in [0.4, 0.5) is 0 Å². The van der Waals surface area contributed by atoms with Gasteiger partial charge in [0, 0.05) is 23.7 Å². The van der Waals surface area contributed by atoms with E-state index in [9.17, 15) is 0 Å². The number of rotatable bonds is 5. The van der Waals surface area contributed by atoms with E-state index in [4.69, 9.17) is 10.5 Å². The molecular formula is C18H22N2O. The van der Waals surface area contributed by atoms with E-state index >= 15 is 0 Å². The number of hydrogen-bond acceptors (Lipinski definition) is 3. The SMILES string of the molecule is NCC1(COc2ccc(-c3ccccn3)cc2)CCCC1. The summed E-state index contributed by atoms with van der Waals surface area (Å²) in [7, 11) is 0. The second-order valence-electron chi connectivity index (χ2n) is 5.94. The highest BCUT2D eigenvalue weighted by atomic mass is 16.5. The van der Waals surface area contributed by atoms with Crippen molar-refractivity contribution in [3.05, 3.63) is 48.7 Å². The second kappa shape index (κ2) is 6.27. The summed E-state index contributed by atoms with van der Waals surface area (Å²) in [5.74, 6) is 0.911. The number of benzene rings is 1. The molecule has 0 aliphatic heterocycles. The molecule has 110 valence electrons. The highest BCUT2D eigenvalue weighted by Gasteiger charge is 2.33. The number of nitrogens with zero attached hydrogens (tertiary/aromatic N) is 1. The quantitative estimate of drug-likeness (QED) is 0.910. The lowest BCUT2D eigenvalue weighted by Crippen LogP contribution is -2.33. The summed E-state index contributed by atoms with van der Waals surface area (Å²) < 4.78 is 5.97. The molecule has 1 heterocycles. The van der Waals surface area contributed by atoms with E-state index in [1.165, 1.54) is 25.7 Å². The maximum Gasteiger partial charge on any atom is 0.119 e. The maximum atomic E-state index is 5.97. The largest absolute Gasteiger partial charge is 0.493 e. The first kappa shape index (κ1) is 14.1. The van der Waals surface area contributed by atoms with Crippen LogP contribution in [0.2, 0.25) is 0 Å². The highest BCUT2D eigenvalue weighted by molar-refractivity contribution is 5.59. The molecule has 2 aromatic rings. The Bertz CT molecular complexity index is 560. The van der Waals surface area contributed by atoms with Gasteiger partial charge in [-0.3, -0.25) is 4.98 Å². The summed E-state index contributed by atoms with van der Waals surface area (Å²) in [6.07, 6.45) is 6.74. The molecule has 1 aromatic carbocycles. The lowest BCUT2D eigenvalue weighted by atomic mass is 9.87. The van der Waals surface area contributed by atoms with Crippen LogP contribution in [-0.4, -0.2) is 18.1 Å². The number of pyridine rings is 1. The average Bonchev–Trinajstić information content (AvgIpc) is 3.04. The number of aromatic nitrogens is 1. The Kier molecular flexibility index (Phi) is 4.20. The minimum atomic E-state index is 0.194. The summed E-state index contributed by atoms with van der Waals surface area (Å²) in [6.45, 7) is 1.45. The van der Waals surface area contributed by atoms with Gasteiger partial charge in [-0.1, -0.05) is 18.9 Å². The minimum Gasteiger partial charge on any atom is -0.493 e. The highest BCUT2D eigenvalue weighted by Crippen LogP contribution is 2.37. The topological polar surface area (TPSA) is 48.1 Å². The monoisotopic (exact) mass is 282 g/mol. The molecule has 3 heteroatoms. The first-order valence-electron chi connectivity index (χ1n) is 7.66. The summed E-state index contributed by atoms with van der Waals surface area (Å²) >= 11 is 0. The predicted octanol–water partition coefficient (Wildman–Crippen LogP) is 3.65. The lowest BCUT2D eigenvalue weighted by molar-refractivity contribution is 0.157. The third-order valence-corrected chi connectivity index (χ3v) is 4.46. The molecule has 2 N–H and O–H groups in total. The predicted molar refractivity (Wildman–Crippen MR) is 85.1 cm³/mol. The van der Waals surface area contributed by atoms with Crippen molar-refractivity contribution in [1.82, 2.24) is 4.98 Å². The first-order valence-corrected chi connectivity index (χ1v) is 7.66. The molecule has 1 fully saturated rings. The van der Waals surface area contributed by atoms with Crippen LogP contribution in [0.1, 0.15) is 25.7 Å². The van der Waals surface area contributed by atoms with Crippen molar-refractivity contribution in [2.75, 3.05) is 13.2 Å². The summed E-state index contributed by atoms with van der Waals surface area (Å²) in [5, 5.41) is 0. The Balaban J connectivity index is 1.65. The van der Waals surface area contributed by atoms with Gasteiger partial charge in [-0.15, -0.1) is 0 Å². The molecule has 0 unspecified atom stereocenters. The van der Waals surface area contributed by atoms with E-state index < -0.39 is 0 Å². The fourth-order valence-corrected chi connectivity index (χ4v) is 3.02. The van der Waals surface area contributed by atoms with Crippen molar-refractivity contribution in [3.63, 3.8) is 0 Å². The van der Waals surface area contributed by atoms with Crippen LogP contribution in [0.15, 0.2) is 48.7 Å². The molecule has 1 aliphatic carbocycles. The van der Waals surface area contributed by atoms with Crippen LogP contribution >= 0.6 is 0 Å². The van der Waals surface area contributed by atoms with Crippen LogP contribution in [0, 0.1) is 5.41 Å². The standard InChI is InChI=1S/C18H22N2O/c19-13-18(10-2-3-11-18)14-21-16-8-6-15(7-9-16)17-5-1-4-12-20-17/h1,4-9,12H,2-3,10-11,13-14,19H2. The Morgan fingerprint density at radius 2 is 1.81 bits per heavy atom. The average molecular weight is 282 g/mol. The Morgan fingerprint density at radius 3 is 2.43 bits per heavy atom. The summed E-state index contributed by atoms with van der Waals surface area (Å²) in [5.41, 5.74) is 8.23. The van der Waals surface area contributed by atoms with Crippen LogP contribution < -0.4 is 10.5 Å². The Morgan fingerprint density at radius 1 is 1.05 bits per heavy atom. The van der Waals surface area contributed by atoms with Crippen LogP contribution in [0.25, 0.3) is 11.3 Å². The maximum absolute atomic E-state index is 5.97. The molecule has 0 saturated heterocycles. The van der Waals surface area contributed by atoms with Crippen LogP contribution in [0.5, 0.6) is 5.75 Å². The van der Waals surface area contributed by atoms with Crippen molar-refractivity contribution in [3.8, 4) is 17.0 Å². The molecule has 3 nitrogen and oxygen atoms in total. The zero-order valence-corrected chi connectivity index (χ0v) is 12.3. The molecule has 1 aliphatic rings. The van der Waals surface area contributed by atoms with E-state index in [1.54, 1.807) is 0 Å². The fraction of sp³-hybridized carbons (Fsp3) is 0.389. The molecule has 0 bridgehead atoms. The fourth-order valence-electron chi connectivity index (χ4n) is 3.02. The van der Waals surface area contributed by atoms with Gasteiger partial charge in [0.15, 0.2) is 0 Å². The molecule has 21 heavy (non-hydrogen) atoms. The molecule has 0 amide bonds. The normalized spacial score (nSPS) is 16.8. The van der Waals surface area contributed by atoms with Crippen molar-refractivity contribution >= 4 is 0 Å². The van der Waals surface area contributed by atoms with E-state index in [1.807, 2.05) is 36.5 Å². The number of ether oxygens (including phenoxy) is 1. The second-order valence-corrected chi connectivity index (χ2v) is 5.94. The summed E-state index contributed by atoms with van der Waals surface area (Å²) in [6, 6.07) is 14.1. The molecule has 3 rings (SSSR count). The van der Waals surface area contributed by atoms with Gasteiger partial charge in [0.2, 0.25) is 0 Å². The summed E-state index contributed by atoms with van der Waals surface area (Å²) in [4.78, 5) is 4.35. The minimum absolute atomic E-state index is 0.194. The third kappa shape index (κ3) is 3.24. The van der Waals surface area contributed by atoms with Crippen LogP contribution in [0.3, 0.4) is 0 Å². The molecule has 0 radical (unpaired) electrons. The van der Waals surface area contributed by atoms with E-state index in [0.29, 0.717) is 0 Å². The lowest BCUT2D eigenvalue weighted by Gasteiger charge is -2.27. The van der Waals surface area contributed by atoms with Crippen molar-refractivity contribution in [2.45, 2.75) is 25.7 Å². The molecular weight excluding hydrogens is 260 g/mol. The Labute approximate surface area is 126 Å². The zero-order chi connectivity index (χ0) is 14.5. The molecule has 0 atom stereocenters. The van der Waals surface area contributed by atoms with Gasteiger partial charge >= 0.3 is 0 Å². The molecule has 1 saturated carbocycles. The van der Waals surface area contributed by atoms with Crippen molar-refractivity contribution in [2.24, 2.45) is 11.1 Å². The Hall–Kier alpha value is -1.87.